The molecule has 0 N–H and O–H groups in total. The number of hydrogen-bond acceptors (Lipinski definition) is 7. The number of nitrogens with zero attached hydrogens (tertiary/aromatic N) is 4. The molecule has 0 aliphatic carbocycles. The van der Waals surface area contributed by atoms with Gasteiger partial charge in [0.1, 0.15) is 10.3 Å². The van der Waals surface area contributed by atoms with E-state index in [-0.39, 0.29) is 35.1 Å². The van der Waals surface area contributed by atoms with Crippen molar-refractivity contribution in [1.29, 1.82) is 0 Å². The zero-order valence-electron chi connectivity index (χ0n) is 21.6. The first kappa shape index (κ1) is 29.9. The van der Waals surface area contributed by atoms with E-state index in [9.17, 15) is 32.9 Å². The lowest BCUT2D eigenvalue weighted by atomic mass is 9.82. The van der Waals surface area contributed by atoms with E-state index in [2.05, 4.69) is 5.10 Å². The highest BCUT2D eigenvalue weighted by atomic mass is 35.5. The van der Waals surface area contributed by atoms with Crippen LogP contribution in [-0.4, -0.2) is 40.8 Å². The summed E-state index contributed by atoms with van der Waals surface area (Å²) in [7, 11) is 0. The van der Waals surface area contributed by atoms with Crippen molar-refractivity contribution in [2.75, 3.05) is 17.5 Å². The summed E-state index contributed by atoms with van der Waals surface area (Å²) >= 11 is 6.66. The lowest BCUT2D eigenvalue weighted by Gasteiger charge is -2.27. The standard InChI is InChI=1S/C27H22ClF3N4O5S/c1-3-40-24(36)26(2)16-33(32-23(26)17-8-12-19(28)13-9-17)25(37)34(20-14-10-18(11-15-20)27(29,30)31)41-22-7-5-4-6-21(22)35(38)39/h4-15H,3,16H2,1-2H3. The minimum atomic E-state index is -4.62. The predicted octanol–water partition coefficient (Wildman–Crippen LogP) is 7.19. The number of esters is 1. The van der Waals surface area contributed by atoms with E-state index in [1.165, 1.54) is 24.3 Å². The highest BCUT2D eigenvalue weighted by molar-refractivity contribution is 8.01. The number of hydrazone groups is 1. The third kappa shape index (κ3) is 6.30. The fourth-order valence-corrected chi connectivity index (χ4v) is 5.16. The number of ether oxygens (including phenoxy) is 1. The molecule has 9 nitrogen and oxygen atoms in total. The third-order valence-electron chi connectivity index (χ3n) is 6.13. The molecule has 3 aromatic carbocycles. The summed E-state index contributed by atoms with van der Waals surface area (Å²) in [5.41, 5.74) is -1.96. The maximum absolute atomic E-state index is 14.0. The number of carbonyl (C=O) groups is 2. The molecule has 0 aromatic heterocycles. The fourth-order valence-electron chi connectivity index (χ4n) is 4.06. The summed E-state index contributed by atoms with van der Waals surface area (Å²) in [6.45, 7) is 3.00. The van der Waals surface area contributed by atoms with Gasteiger partial charge in [-0.2, -0.15) is 18.3 Å². The number of para-hydroxylation sites is 1. The van der Waals surface area contributed by atoms with Crippen LogP contribution in [0.25, 0.3) is 0 Å². The number of urea groups is 1. The molecule has 1 aliphatic rings. The summed E-state index contributed by atoms with van der Waals surface area (Å²) in [4.78, 5) is 38.1. The van der Waals surface area contributed by atoms with E-state index in [4.69, 9.17) is 16.3 Å². The summed E-state index contributed by atoms with van der Waals surface area (Å²) in [5.74, 6) is -0.642. The van der Waals surface area contributed by atoms with Gasteiger partial charge in [-0.1, -0.05) is 35.9 Å². The Kier molecular flexibility index (Phi) is 8.59. The molecule has 3 aromatic rings. The average Bonchev–Trinajstić information content (AvgIpc) is 3.30. The van der Waals surface area contributed by atoms with E-state index >= 15 is 0 Å². The van der Waals surface area contributed by atoms with Gasteiger partial charge in [0.2, 0.25) is 0 Å². The molecule has 214 valence electrons. The number of benzene rings is 3. The van der Waals surface area contributed by atoms with Gasteiger partial charge in [-0.15, -0.1) is 0 Å². The molecule has 0 saturated carbocycles. The van der Waals surface area contributed by atoms with Crippen LogP contribution in [0.15, 0.2) is 82.8 Å². The van der Waals surface area contributed by atoms with Crippen LogP contribution in [0.3, 0.4) is 0 Å². The Hall–Kier alpha value is -4.10. The Labute approximate surface area is 241 Å². The van der Waals surface area contributed by atoms with Crippen LogP contribution in [-0.2, 0) is 15.7 Å². The Balaban J connectivity index is 1.79. The van der Waals surface area contributed by atoms with Gasteiger partial charge in [0.05, 0.1) is 35.0 Å². The topological polar surface area (TPSA) is 105 Å². The first-order valence-corrected chi connectivity index (χ1v) is 13.2. The fraction of sp³-hybridized carbons (Fsp3) is 0.222. The van der Waals surface area contributed by atoms with Gasteiger partial charge in [-0.25, -0.2) is 14.1 Å². The van der Waals surface area contributed by atoms with Crippen molar-refractivity contribution in [3.8, 4) is 0 Å². The van der Waals surface area contributed by atoms with Crippen molar-refractivity contribution in [2.45, 2.75) is 24.9 Å². The zero-order valence-corrected chi connectivity index (χ0v) is 23.2. The van der Waals surface area contributed by atoms with E-state index in [1.807, 2.05) is 0 Å². The van der Waals surface area contributed by atoms with Crippen LogP contribution in [0.1, 0.15) is 25.0 Å². The Morgan fingerprint density at radius 2 is 1.76 bits per heavy atom. The molecule has 0 saturated heterocycles. The van der Waals surface area contributed by atoms with E-state index in [0.717, 1.165) is 33.6 Å². The van der Waals surface area contributed by atoms with Crippen LogP contribution in [0.2, 0.25) is 5.02 Å². The molecular weight excluding hydrogens is 585 g/mol. The minimum absolute atomic E-state index is 0.000804. The summed E-state index contributed by atoms with van der Waals surface area (Å²) in [6, 6.07) is 14.9. The van der Waals surface area contributed by atoms with Gasteiger partial charge in [-0.05, 0) is 61.9 Å². The minimum Gasteiger partial charge on any atom is -0.465 e. The first-order chi connectivity index (χ1) is 19.3. The lowest BCUT2D eigenvalue weighted by Crippen LogP contribution is -2.43. The number of hydrogen-bond donors (Lipinski definition) is 0. The van der Waals surface area contributed by atoms with Crippen molar-refractivity contribution in [1.82, 2.24) is 5.01 Å². The molecule has 0 bridgehead atoms. The highest BCUT2D eigenvalue weighted by Gasteiger charge is 2.49. The van der Waals surface area contributed by atoms with Crippen molar-refractivity contribution in [3.05, 3.63) is 99.1 Å². The zero-order chi connectivity index (χ0) is 29.9. The Morgan fingerprint density at radius 1 is 1.12 bits per heavy atom. The van der Waals surface area contributed by atoms with Crippen molar-refractivity contribution < 1.29 is 32.4 Å². The maximum atomic E-state index is 14.0. The second kappa shape index (κ2) is 11.8. The van der Waals surface area contributed by atoms with Crippen molar-refractivity contribution >= 4 is 52.6 Å². The number of anilines is 1. The van der Waals surface area contributed by atoms with E-state index in [0.29, 0.717) is 22.5 Å². The maximum Gasteiger partial charge on any atom is 0.416 e. The van der Waals surface area contributed by atoms with Crippen molar-refractivity contribution in [2.24, 2.45) is 10.5 Å². The quantitative estimate of drug-likeness (QED) is 0.122. The highest BCUT2D eigenvalue weighted by Crippen LogP contribution is 2.40. The van der Waals surface area contributed by atoms with Crippen LogP contribution < -0.4 is 4.31 Å². The van der Waals surface area contributed by atoms with Crippen molar-refractivity contribution in [3.63, 3.8) is 0 Å². The molecule has 0 radical (unpaired) electrons. The molecule has 1 unspecified atom stereocenters. The third-order valence-corrected chi connectivity index (χ3v) is 7.47. The Morgan fingerprint density at radius 3 is 2.34 bits per heavy atom. The summed E-state index contributed by atoms with van der Waals surface area (Å²) in [6.07, 6.45) is -4.62. The van der Waals surface area contributed by atoms with Crippen LogP contribution in [0.5, 0.6) is 0 Å². The van der Waals surface area contributed by atoms with Gasteiger partial charge in [-0.3, -0.25) is 14.9 Å². The largest absolute Gasteiger partial charge is 0.465 e. The van der Waals surface area contributed by atoms with Crippen LogP contribution in [0, 0.1) is 15.5 Å². The molecule has 1 heterocycles. The molecule has 14 heteroatoms. The van der Waals surface area contributed by atoms with Gasteiger partial charge in [0, 0.05) is 23.0 Å². The normalized spacial score (nSPS) is 16.7. The number of alkyl halides is 3. The number of halogens is 4. The van der Waals surface area contributed by atoms with E-state index in [1.54, 1.807) is 38.1 Å². The number of carbonyl (C=O) groups excluding carboxylic acids is 2. The molecular formula is C27H22ClF3N4O5S. The number of nitro benzene ring substituents is 1. The van der Waals surface area contributed by atoms with Gasteiger partial charge < -0.3 is 4.74 Å². The van der Waals surface area contributed by atoms with Gasteiger partial charge in [0.15, 0.2) is 0 Å². The first-order valence-electron chi connectivity index (χ1n) is 12.1. The summed E-state index contributed by atoms with van der Waals surface area (Å²) in [5, 5.41) is 17.5. The molecule has 0 spiro atoms. The van der Waals surface area contributed by atoms with Crippen LogP contribution >= 0.6 is 23.5 Å². The summed E-state index contributed by atoms with van der Waals surface area (Å²) < 4.78 is 45.9. The average molecular weight is 607 g/mol. The monoisotopic (exact) mass is 606 g/mol. The number of amides is 2. The second-order valence-corrected chi connectivity index (χ2v) is 10.4. The van der Waals surface area contributed by atoms with Gasteiger partial charge >= 0.3 is 18.2 Å². The molecule has 0 fully saturated rings. The smallest absolute Gasteiger partial charge is 0.416 e. The molecule has 1 atom stereocenters. The molecule has 1 aliphatic heterocycles. The van der Waals surface area contributed by atoms with Gasteiger partial charge in [0.25, 0.3) is 5.69 Å². The number of rotatable bonds is 7. The molecule has 41 heavy (non-hydrogen) atoms. The molecule has 2 amide bonds. The van der Waals surface area contributed by atoms with E-state index < -0.39 is 34.1 Å². The predicted molar refractivity (Wildman–Crippen MR) is 148 cm³/mol. The second-order valence-electron chi connectivity index (χ2n) is 9.00. The SMILES string of the molecule is CCOC(=O)C1(C)CN(C(=O)N(Sc2ccccc2[N+](=O)[O-])c2ccc(C(F)(F)F)cc2)N=C1c1ccc(Cl)cc1. The Bertz CT molecular complexity index is 1500. The number of nitro groups is 1. The van der Waals surface area contributed by atoms with Crippen LogP contribution in [0.4, 0.5) is 29.3 Å². The molecule has 4 rings (SSSR count). The lowest BCUT2D eigenvalue weighted by molar-refractivity contribution is -0.387.